The molecule has 2 N–H and O–H groups in total. The van der Waals surface area contributed by atoms with Gasteiger partial charge in [-0.1, -0.05) is 11.3 Å². The molecule has 6 heterocycles. The molecule has 0 saturated heterocycles. The largest absolute Gasteiger partial charge is 0.392 e. The Kier molecular flexibility index (Phi) is 7.08. The zero-order valence-electron chi connectivity index (χ0n) is 24.5. The molecular formula is C31H32FN7O4S. The maximum atomic E-state index is 15.5. The molecule has 228 valence electrons. The van der Waals surface area contributed by atoms with E-state index in [1.807, 2.05) is 4.57 Å². The molecule has 0 radical (unpaired) electrons. The Balaban J connectivity index is 1.23. The van der Waals surface area contributed by atoms with E-state index in [9.17, 15) is 19.5 Å². The quantitative estimate of drug-likeness (QED) is 0.351. The number of hydrogen-bond donors (Lipinski definition) is 2. The molecule has 0 aromatic carbocycles. The third-order valence-electron chi connectivity index (χ3n) is 8.86. The summed E-state index contributed by atoms with van der Waals surface area (Å²) in [5.74, 6) is -0.629. The van der Waals surface area contributed by atoms with Gasteiger partial charge in [-0.05, 0) is 43.4 Å². The Hall–Kier alpha value is -4.36. The number of aromatic nitrogens is 4. The van der Waals surface area contributed by atoms with Gasteiger partial charge in [0.1, 0.15) is 17.2 Å². The molecule has 0 saturated carbocycles. The maximum absolute atomic E-state index is 15.5. The van der Waals surface area contributed by atoms with Gasteiger partial charge in [-0.3, -0.25) is 19.3 Å². The molecule has 13 heteroatoms. The monoisotopic (exact) mass is 617 g/mol. The summed E-state index contributed by atoms with van der Waals surface area (Å²) in [6.07, 6.45) is 7.15. The van der Waals surface area contributed by atoms with Crippen LogP contribution < -0.4 is 15.8 Å². The highest BCUT2D eigenvalue weighted by molar-refractivity contribution is 7.15. The first kappa shape index (κ1) is 28.4. The van der Waals surface area contributed by atoms with Crippen LogP contribution in [0.25, 0.3) is 11.1 Å². The summed E-state index contributed by atoms with van der Waals surface area (Å²) in [5.41, 5.74) is 4.20. The summed E-state index contributed by atoms with van der Waals surface area (Å²) < 4.78 is 18.8. The molecule has 2 amide bonds. The summed E-state index contributed by atoms with van der Waals surface area (Å²) in [6.45, 7) is 2.98. The fourth-order valence-corrected chi connectivity index (χ4v) is 7.67. The van der Waals surface area contributed by atoms with Gasteiger partial charge < -0.3 is 24.5 Å². The Morgan fingerprint density at radius 1 is 1.16 bits per heavy atom. The topological polar surface area (TPSA) is 126 Å². The molecule has 0 atom stereocenters. The number of pyridine rings is 2. The van der Waals surface area contributed by atoms with E-state index >= 15 is 4.39 Å². The van der Waals surface area contributed by atoms with Crippen molar-refractivity contribution in [3.8, 4) is 11.1 Å². The second kappa shape index (κ2) is 11.0. The van der Waals surface area contributed by atoms with Gasteiger partial charge in [-0.2, -0.15) is 0 Å². The lowest BCUT2D eigenvalue weighted by molar-refractivity contribution is -0.129. The molecule has 3 aliphatic rings. The molecule has 11 nitrogen and oxygen atoms in total. The normalized spacial score (nSPS) is 16.0. The Morgan fingerprint density at radius 2 is 1.98 bits per heavy atom. The molecule has 1 aliphatic carbocycles. The van der Waals surface area contributed by atoms with Crippen molar-refractivity contribution in [3.05, 3.63) is 73.8 Å². The molecular weight excluding hydrogens is 585 g/mol. The predicted octanol–water partition coefficient (Wildman–Crippen LogP) is 3.52. The molecule has 7 rings (SSSR count). The number of hydrogen-bond acceptors (Lipinski definition) is 8. The van der Waals surface area contributed by atoms with Crippen LogP contribution in [0.15, 0.2) is 29.3 Å². The van der Waals surface area contributed by atoms with Crippen molar-refractivity contribution < 1.29 is 19.1 Å². The van der Waals surface area contributed by atoms with Gasteiger partial charge in [0.25, 0.3) is 11.5 Å². The SMILES string of the molecule is CC(=O)N1CCc2nc(Nc3cc(-c4ccnc(N5CCn6c7c(c(F)c6C5=O)CCCC7)c4CO)cn(C)c3=O)sc2C1. The van der Waals surface area contributed by atoms with Crippen molar-refractivity contribution in [2.24, 2.45) is 7.05 Å². The number of carbonyl (C=O) groups is 2. The first-order valence-corrected chi connectivity index (χ1v) is 15.6. The number of thiazole rings is 1. The van der Waals surface area contributed by atoms with Crippen molar-refractivity contribution in [1.29, 1.82) is 0 Å². The average Bonchev–Trinajstić information content (AvgIpc) is 3.56. The number of halogens is 1. The minimum atomic E-state index is -0.471. The minimum absolute atomic E-state index is 0.0148. The van der Waals surface area contributed by atoms with E-state index in [0.29, 0.717) is 72.1 Å². The second-order valence-electron chi connectivity index (χ2n) is 11.5. The third-order valence-corrected chi connectivity index (χ3v) is 9.86. The fourth-order valence-electron chi connectivity index (χ4n) is 6.63. The summed E-state index contributed by atoms with van der Waals surface area (Å²) in [6, 6.07) is 3.42. The van der Waals surface area contributed by atoms with Crippen molar-refractivity contribution in [2.45, 2.75) is 58.7 Å². The van der Waals surface area contributed by atoms with E-state index < -0.39 is 18.3 Å². The zero-order chi connectivity index (χ0) is 30.7. The Morgan fingerprint density at radius 3 is 2.77 bits per heavy atom. The molecule has 4 aromatic heterocycles. The number of aliphatic hydroxyl groups is 1. The first-order valence-electron chi connectivity index (χ1n) is 14.8. The third kappa shape index (κ3) is 4.61. The molecule has 0 spiro atoms. The van der Waals surface area contributed by atoms with Gasteiger partial charge in [-0.25, -0.2) is 14.4 Å². The van der Waals surface area contributed by atoms with Gasteiger partial charge >= 0.3 is 0 Å². The van der Waals surface area contributed by atoms with E-state index in [0.717, 1.165) is 35.5 Å². The Bertz CT molecular complexity index is 1890. The highest BCUT2D eigenvalue weighted by atomic mass is 32.1. The van der Waals surface area contributed by atoms with Gasteiger partial charge in [0.2, 0.25) is 5.91 Å². The molecule has 0 unspecified atom stereocenters. The number of nitrogens with one attached hydrogen (secondary N) is 1. The number of aliphatic hydroxyl groups excluding tert-OH is 1. The summed E-state index contributed by atoms with van der Waals surface area (Å²) in [5, 5.41) is 14.3. The van der Waals surface area contributed by atoms with E-state index in [2.05, 4.69) is 15.3 Å². The van der Waals surface area contributed by atoms with Crippen molar-refractivity contribution >= 4 is 39.8 Å². The van der Waals surface area contributed by atoms with Gasteiger partial charge in [0.05, 0.1) is 18.8 Å². The minimum Gasteiger partial charge on any atom is -0.392 e. The number of rotatable bonds is 5. The number of aryl methyl sites for hydroxylation is 1. The number of nitrogens with zero attached hydrogens (tertiary/aromatic N) is 6. The van der Waals surface area contributed by atoms with E-state index in [4.69, 9.17) is 0 Å². The molecule has 2 aliphatic heterocycles. The van der Waals surface area contributed by atoms with Crippen LogP contribution in [-0.4, -0.2) is 54.0 Å². The van der Waals surface area contributed by atoms with Gasteiger partial charge in [-0.15, -0.1) is 0 Å². The highest BCUT2D eigenvalue weighted by Gasteiger charge is 2.36. The smallest absolute Gasteiger partial charge is 0.279 e. The van der Waals surface area contributed by atoms with Gasteiger partial charge in [0, 0.05) is 79.7 Å². The fraction of sp³-hybridized carbons (Fsp3) is 0.387. The average molecular weight is 618 g/mol. The second-order valence-corrected chi connectivity index (χ2v) is 12.6. The lowest BCUT2D eigenvalue weighted by atomic mass is 9.97. The first-order chi connectivity index (χ1) is 21.2. The van der Waals surface area contributed by atoms with Crippen LogP contribution in [0, 0.1) is 5.82 Å². The van der Waals surface area contributed by atoms with Crippen LogP contribution in [0.3, 0.4) is 0 Å². The van der Waals surface area contributed by atoms with Crippen molar-refractivity contribution in [2.75, 3.05) is 23.3 Å². The summed E-state index contributed by atoms with van der Waals surface area (Å²) in [4.78, 5) is 52.1. The zero-order valence-corrected chi connectivity index (χ0v) is 25.3. The van der Waals surface area contributed by atoms with Crippen LogP contribution in [0.2, 0.25) is 0 Å². The van der Waals surface area contributed by atoms with E-state index in [1.165, 1.54) is 20.8 Å². The molecule has 0 bridgehead atoms. The Labute approximate surface area is 256 Å². The summed E-state index contributed by atoms with van der Waals surface area (Å²) in [7, 11) is 1.64. The molecule has 0 fully saturated rings. The van der Waals surface area contributed by atoms with Crippen molar-refractivity contribution in [1.82, 2.24) is 24.0 Å². The lowest BCUT2D eigenvalue weighted by Gasteiger charge is -2.30. The van der Waals surface area contributed by atoms with E-state index in [1.54, 1.807) is 43.4 Å². The number of fused-ring (bicyclic) bond motifs is 4. The van der Waals surface area contributed by atoms with Crippen LogP contribution in [0.5, 0.6) is 0 Å². The van der Waals surface area contributed by atoms with Crippen LogP contribution in [0.4, 0.5) is 21.0 Å². The van der Waals surface area contributed by atoms with Crippen LogP contribution in [-0.2, 0) is 50.8 Å². The summed E-state index contributed by atoms with van der Waals surface area (Å²) >= 11 is 1.41. The predicted molar refractivity (Wildman–Crippen MR) is 164 cm³/mol. The number of amides is 2. The van der Waals surface area contributed by atoms with Crippen LogP contribution >= 0.6 is 11.3 Å². The molecule has 44 heavy (non-hydrogen) atoms. The van der Waals surface area contributed by atoms with Gasteiger partial charge in [0.15, 0.2) is 10.9 Å². The van der Waals surface area contributed by atoms with E-state index in [-0.39, 0.29) is 23.0 Å². The lowest BCUT2D eigenvalue weighted by Crippen LogP contribution is -2.42. The van der Waals surface area contributed by atoms with Crippen molar-refractivity contribution in [3.63, 3.8) is 0 Å². The molecule has 4 aromatic rings. The highest BCUT2D eigenvalue weighted by Crippen LogP contribution is 2.36. The van der Waals surface area contributed by atoms with Crippen LogP contribution in [0.1, 0.15) is 57.6 Å². The maximum Gasteiger partial charge on any atom is 0.279 e. The number of anilines is 3. The number of carbonyl (C=O) groups excluding carboxylic acids is 2. The standard InChI is InChI=1S/C31H32FN7O4S/c1-17(41)37-10-8-22-25(15-37)44-31(34-22)35-23-13-18(14-36(2)29(23)42)19-7-9-33-28(21(19)16-40)39-12-11-38-24-6-4-3-5-20(24)26(32)27(38)30(39)43/h7,9,13-14,40H,3-6,8,10-12,15-16H2,1-2H3,(H,34,35).